The highest BCUT2D eigenvalue weighted by atomic mass is 16.4. The molecule has 0 saturated heterocycles. The van der Waals surface area contributed by atoms with E-state index in [9.17, 15) is 9.59 Å². The number of H-pyrrole nitrogens is 1. The number of carbonyl (C=O) groups is 1. The summed E-state index contributed by atoms with van der Waals surface area (Å²) in [5.74, 6) is -0.573. The number of rotatable bonds is 5. The lowest BCUT2D eigenvalue weighted by atomic mass is 10.1. The highest BCUT2D eigenvalue weighted by Crippen LogP contribution is 2.16. The van der Waals surface area contributed by atoms with Gasteiger partial charge in [-0.05, 0) is 36.6 Å². The van der Waals surface area contributed by atoms with Crippen LogP contribution in [-0.2, 0) is 11.2 Å². The minimum Gasteiger partial charge on any atom is -0.408 e. The molecule has 6 heteroatoms. The number of oxazole rings is 1. The summed E-state index contributed by atoms with van der Waals surface area (Å²) < 4.78 is 4.96. The molecule has 0 saturated carbocycles. The molecule has 0 aliphatic carbocycles. The molecular formula is C16H15N3O3. The molecule has 1 amide bonds. The first-order chi connectivity index (χ1) is 10.7. The SMILES string of the molecule is O=C(CCCc1cccnc1)Nc1ccc2[nH]c(=O)oc2c1. The van der Waals surface area contributed by atoms with E-state index in [1.165, 1.54) is 0 Å². The lowest BCUT2D eigenvalue weighted by Crippen LogP contribution is -2.11. The maximum Gasteiger partial charge on any atom is 0.417 e. The first-order valence-corrected chi connectivity index (χ1v) is 7.02. The van der Waals surface area contributed by atoms with Crippen molar-refractivity contribution in [3.63, 3.8) is 0 Å². The lowest BCUT2D eigenvalue weighted by molar-refractivity contribution is -0.116. The first-order valence-electron chi connectivity index (χ1n) is 7.02. The third-order valence-corrected chi connectivity index (χ3v) is 3.30. The number of aromatic amines is 1. The van der Waals surface area contributed by atoms with Crippen LogP contribution < -0.4 is 11.1 Å². The second-order valence-corrected chi connectivity index (χ2v) is 4.99. The van der Waals surface area contributed by atoms with Crippen molar-refractivity contribution >= 4 is 22.7 Å². The van der Waals surface area contributed by atoms with Gasteiger partial charge in [-0.25, -0.2) is 4.79 Å². The van der Waals surface area contributed by atoms with E-state index >= 15 is 0 Å². The second-order valence-electron chi connectivity index (χ2n) is 4.99. The van der Waals surface area contributed by atoms with Crippen molar-refractivity contribution in [3.8, 4) is 0 Å². The molecule has 2 heterocycles. The van der Waals surface area contributed by atoms with Gasteiger partial charge < -0.3 is 9.73 Å². The fourth-order valence-corrected chi connectivity index (χ4v) is 2.25. The highest BCUT2D eigenvalue weighted by molar-refractivity contribution is 5.92. The van der Waals surface area contributed by atoms with Gasteiger partial charge in [0.05, 0.1) is 5.52 Å². The molecule has 3 rings (SSSR count). The number of benzene rings is 1. The number of hydrogen-bond acceptors (Lipinski definition) is 4. The van der Waals surface area contributed by atoms with E-state index < -0.39 is 5.76 Å². The van der Waals surface area contributed by atoms with Crippen molar-refractivity contribution in [1.82, 2.24) is 9.97 Å². The normalized spacial score (nSPS) is 10.7. The van der Waals surface area contributed by atoms with Crippen LogP contribution in [0.5, 0.6) is 0 Å². The van der Waals surface area contributed by atoms with Crippen molar-refractivity contribution in [2.75, 3.05) is 5.32 Å². The fourth-order valence-electron chi connectivity index (χ4n) is 2.25. The largest absolute Gasteiger partial charge is 0.417 e. The van der Waals surface area contributed by atoms with Gasteiger partial charge in [0, 0.05) is 30.6 Å². The maximum atomic E-state index is 11.9. The molecule has 0 radical (unpaired) electrons. The molecule has 0 atom stereocenters. The molecule has 0 spiro atoms. The predicted octanol–water partition coefficient (Wildman–Crippen LogP) is 2.48. The van der Waals surface area contributed by atoms with Crippen LogP contribution in [0.3, 0.4) is 0 Å². The zero-order valence-electron chi connectivity index (χ0n) is 11.8. The van der Waals surface area contributed by atoms with Crippen molar-refractivity contribution < 1.29 is 9.21 Å². The summed E-state index contributed by atoms with van der Waals surface area (Å²) in [5.41, 5.74) is 2.77. The van der Waals surface area contributed by atoms with Gasteiger partial charge in [-0.15, -0.1) is 0 Å². The second kappa shape index (κ2) is 6.26. The quantitative estimate of drug-likeness (QED) is 0.757. The molecular weight excluding hydrogens is 282 g/mol. The van der Waals surface area contributed by atoms with Gasteiger partial charge in [-0.2, -0.15) is 0 Å². The van der Waals surface area contributed by atoms with Gasteiger partial charge in [-0.3, -0.25) is 14.8 Å². The number of nitrogens with one attached hydrogen (secondary N) is 2. The molecule has 0 aliphatic rings. The number of aromatic nitrogens is 2. The summed E-state index contributed by atoms with van der Waals surface area (Å²) in [6.45, 7) is 0. The zero-order valence-corrected chi connectivity index (χ0v) is 11.8. The van der Waals surface area contributed by atoms with Crippen molar-refractivity contribution in [3.05, 3.63) is 58.8 Å². The molecule has 112 valence electrons. The fraction of sp³-hybridized carbons (Fsp3) is 0.188. The Morgan fingerprint density at radius 1 is 1.32 bits per heavy atom. The zero-order chi connectivity index (χ0) is 15.4. The molecule has 0 aliphatic heterocycles. The Kier molecular flexibility index (Phi) is 4.00. The number of aryl methyl sites for hydroxylation is 1. The Hall–Kier alpha value is -2.89. The van der Waals surface area contributed by atoms with E-state index in [0.29, 0.717) is 23.2 Å². The van der Waals surface area contributed by atoms with E-state index in [2.05, 4.69) is 15.3 Å². The van der Waals surface area contributed by atoms with E-state index in [4.69, 9.17) is 4.42 Å². The molecule has 0 bridgehead atoms. The number of nitrogens with zero attached hydrogens (tertiary/aromatic N) is 1. The van der Waals surface area contributed by atoms with E-state index in [1.807, 2.05) is 12.1 Å². The Labute approximate surface area is 126 Å². The highest BCUT2D eigenvalue weighted by Gasteiger charge is 2.06. The number of pyridine rings is 1. The molecule has 1 aromatic carbocycles. The van der Waals surface area contributed by atoms with Crippen molar-refractivity contribution in [2.24, 2.45) is 0 Å². The van der Waals surface area contributed by atoms with Crippen LogP contribution >= 0.6 is 0 Å². The smallest absolute Gasteiger partial charge is 0.408 e. The van der Waals surface area contributed by atoms with Gasteiger partial charge in [-0.1, -0.05) is 6.07 Å². The van der Waals surface area contributed by atoms with Crippen molar-refractivity contribution in [1.29, 1.82) is 0 Å². The van der Waals surface area contributed by atoms with Crippen LogP contribution in [0.1, 0.15) is 18.4 Å². The monoisotopic (exact) mass is 297 g/mol. The number of amides is 1. The third kappa shape index (κ3) is 3.41. The number of carbonyl (C=O) groups excluding carboxylic acids is 1. The lowest BCUT2D eigenvalue weighted by Gasteiger charge is -2.05. The van der Waals surface area contributed by atoms with Gasteiger partial charge in [0.15, 0.2) is 5.58 Å². The molecule has 6 nitrogen and oxygen atoms in total. The summed E-state index contributed by atoms with van der Waals surface area (Å²) in [4.78, 5) is 29.6. The minimum atomic E-state index is -0.505. The molecule has 2 aromatic heterocycles. The van der Waals surface area contributed by atoms with Gasteiger partial charge >= 0.3 is 5.76 Å². The molecule has 22 heavy (non-hydrogen) atoms. The van der Waals surface area contributed by atoms with E-state index in [0.717, 1.165) is 18.4 Å². The summed E-state index contributed by atoms with van der Waals surface area (Å²) in [7, 11) is 0. The topological polar surface area (TPSA) is 88.0 Å². The molecule has 3 aromatic rings. The summed E-state index contributed by atoms with van der Waals surface area (Å²) in [6.07, 6.45) is 5.52. The van der Waals surface area contributed by atoms with Gasteiger partial charge in [0.25, 0.3) is 0 Å². The van der Waals surface area contributed by atoms with E-state index in [1.54, 1.807) is 30.6 Å². The number of fused-ring (bicyclic) bond motifs is 1. The minimum absolute atomic E-state index is 0.0684. The standard InChI is InChI=1S/C16H15N3O3/c20-15(5-1-3-11-4-2-8-17-10-11)18-12-6-7-13-14(9-12)22-16(21)19-13/h2,4,6-10H,1,3,5H2,(H,18,20)(H,19,21). The maximum absolute atomic E-state index is 11.9. The van der Waals surface area contributed by atoms with Crippen LogP contribution in [0.2, 0.25) is 0 Å². The van der Waals surface area contributed by atoms with E-state index in [-0.39, 0.29) is 5.91 Å². The van der Waals surface area contributed by atoms with Gasteiger partial charge in [0.1, 0.15) is 0 Å². The first kappa shape index (κ1) is 14.1. The summed E-state index contributed by atoms with van der Waals surface area (Å²) in [5, 5.41) is 2.80. The molecule has 0 fully saturated rings. The summed E-state index contributed by atoms with van der Waals surface area (Å²) in [6, 6.07) is 8.94. The van der Waals surface area contributed by atoms with Gasteiger partial charge in [0.2, 0.25) is 5.91 Å². The van der Waals surface area contributed by atoms with Crippen molar-refractivity contribution in [2.45, 2.75) is 19.3 Å². The number of anilines is 1. The number of hydrogen-bond donors (Lipinski definition) is 2. The molecule has 0 unspecified atom stereocenters. The Morgan fingerprint density at radius 3 is 3.05 bits per heavy atom. The third-order valence-electron chi connectivity index (χ3n) is 3.30. The Balaban J connectivity index is 1.55. The Bertz CT molecular complexity index is 836. The van der Waals surface area contributed by atoms with Crippen LogP contribution in [-0.4, -0.2) is 15.9 Å². The predicted molar refractivity (Wildman–Crippen MR) is 82.6 cm³/mol. The Morgan fingerprint density at radius 2 is 2.23 bits per heavy atom. The van der Waals surface area contributed by atoms with Crippen LogP contribution in [0, 0.1) is 0 Å². The van der Waals surface area contributed by atoms with Crippen LogP contribution in [0.15, 0.2) is 51.9 Å². The molecule has 2 N–H and O–H groups in total. The summed E-state index contributed by atoms with van der Waals surface area (Å²) >= 11 is 0. The van der Waals surface area contributed by atoms with Crippen LogP contribution in [0.4, 0.5) is 5.69 Å². The average molecular weight is 297 g/mol. The van der Waals surface area contributed by atoms with Crippen LogP contribution in [0.25, 0.3) is 11.1 Å². The average Bonchev–Trinajstić information content (AvgIpc) is 2.87.